The molecule has 1 heterocycles. The van der Waals surface area contributed by atoms with Crippen LogP contribution in [0.2, 0.25) is 0 Å². The molecule has 1 saturated heterocycles. The van der Waals surface area contributed by atoms with Gasteiger partial charge in [0, 0.05) is 5.54 Å². The third-order valence-corrected chi connectivity index (χ3v) is 3.55. The number of aliphatic hydroxyl groups is 1. The molecule has 2 atom stereocenters. The van der Waals surface area contributed by atoms with Gasteiger partial charge in [-0.3, -0.25) is 0 Å². The zero-order chi connectivity index (χ0) is 10.8. The predicted octanol–water partition coefficient (Wildman–Crippen LogP) is 2.32. The van der Waals surface area contributed by atoms with E-state index in [1.54, 1.807) is 0 Å². The van der Waals surface area contributed by atoms with E-state index < -0.39 is 5.60 Å². The molecule has 2 heteroatoms. The lowest BCUT2D eigenvalue weighted by atomic mass is 9.72. The maximum atomic E-state index is 10.6. The quantitative estimate of drug-likeness (QED) is 0.731. The van der Waals surface area contributed by atoms with Gasteiger partial charge in [-0.05, 0) is 45.6 Å². The summed E-state index contributed by atoms with van der Waals surface area (Å²) in [4.78, 5) is 0. The van der Waals surface area contributed by atoms with Crippen LogP contribution in [0.5, 0.6) is 0 Å². The average Bonchev–Trinajstić information content (AvgIpc) is 2.02. The largest absolute Gasteiger partial charge is 0.389 e. The third kappa shape index (κ3) is 2.71. The molecule has 2 unspecified atom stereocenters. The van der Waals surface area contributed by atoms with Gasteiger partial charge >= 0.3 is 0 Å². The zero-order valence-corrected chi connectivity index (χ0v) is 10.1. The third-order valence-electron chi connectivity index (χ3n) is 3.55. The molecule has 0 amide bonds. The SMILES string of the molecule is CCCC(C)C1(O)CCNC(C)(C)C1. The molecule has 0 aliphatic carbocycles. The fourth-order valence-corrected chi connectivity index (χ4v) is 2.66. The van der Waals surface area contributed by atoms with Crippen molar-refractivity contribution in [2.75, 3.05) is 6.54 Å². The Kier molecular flexibility index (Phi) is 3.59. The van der Waals surface area contributed by atoms with Gasteiger partial charge in [0.25, 0.3) is 0 Å². The van der Waals surface area contributed by atoms with Crippen LogP contribution in [0.25, 0.3) is 0 Å². The number of rotatable bonds is 3. The lowest BCUT2D eigenvalue weighted by molar-refractivity contribution is -0.0654. The summed E-state index contributed by atoms with van der Waals surface area (Å²) in [6, 6.07) is 0. The molecule has 0 aromatic carbocycles. The second-order valence-corrected chi connectivity index (χ2v) is 5.53. The Labute approximate surface area is 88.1 Å². The maximum Gasteiger partial charge on any atom is 0.0702 e. The normalized spacial score (nSPS) is 34.1. The molecule has 1 fully saturated rings. The Balaban J connectivity index is 2.63. The minimum atomic E-state index is -0.440. The van der Waals surface area contributed by atoms with Gasteiger partial charge < -0.3 is 10.4 Å². The van der Waals surface area contributed by atoms with Crippen molar-refractivity contribution < 1.29 is 5.11 Å². The van der Waals surface area contributed by atoms with E-state index in [-0.39, 0.29) is 5.54 Å². The molecule has 1 aliphatic heterocycles. The van der Waals surface area contributed by atoms with Crippen molar-refractivity contribution in [1.82, 2.24) is 5.32 Å². The monoisotopic (exact) mass is 199 g/mol. The summed E-state index contributed by atoms with van der Waals surface area (Å²) in [6.07, 6.45) is 4.07. The average molecular weight is 199 g/mol. The van der Waals surface area contributed by atoms with Crippen LogP contribution in [0, 0.1) is 5.92 Å². The Bertz CT molecular complexity index is 191. The van der Waals surface area contributed by atoms with Gasteiger partial charge in [-0.2, -0.15) is 0 Å². The highest BCUT2D eigenvalue weighted by molar-refractivity contribution is 4.97. The summed E-state index contributed by atoms with van der Waals surface area (Å²) in [6.45, 7) is 9.67. The van der Waals surface area contributed by atoms with Crippen LogP contribution in [0.4, 0.5) is 0 Å². The second-order valence-electron chi connectivity index (χ2n) is 5.53. The summed E-state index contributed by atoms with van der Waals surface area (Å²) >= 11 is 0. The van der Waals surface area contributed by atoms with E-state index in [9.17, 15) is 5.11 Å². The molecule has 0 saturated carbocycles. The van der Waals surface area contributed by atoms with Gasteiger partial charge in [0.05, 0.1) is 5.60 Å². The van der Waals surface area contributed by atoms with Gasteiger partial charge in [-0.25, -0.2) is 0 Å². The van der Waals surface area contributed by atoms with Gasteiger partial charge in [0.2, 0.25) is 0 Å². The highest BCUT2D eigenvalue weighted by Crippen LogP contribution is 2.35. The Morgan fingerprint density at radius 3 is 2.57 bits per heavy atom. The van der Waals surface area contributed by atoms with Gasteiger partial charge in [0.15, 0.2) is 0 Å². The zero-order valence-electron chi connectivity index (χ0n) is 10.1. The summed E-state index contributed by atoms with van der Waals surface area (Å²) in [7, 11) is 0. The van der Waals surface area contributed by atoms with Gasteiger partial charge in [-0.1, -0.05) is 20.3 Å². The molecule has 0 bridgehead atoms. The molecule has 84 valence electrons. The van der Waals surface area contributed by atoms with Crippen LogP contribution in [-0.4, -0.2) is 22.8 Å². The molecular weight excluding hydrogens is 174 g/mol. The Hall–Kier alpha value is -0.0800. The van der Waals surface area contributed by atoms with E-state index in [1.807, 2.05) is 0 Å². The fourth-order valence-electron chi connectivity index (χ4n) is 2.66. The molecule has 0 aromatic rings. The van der Waals surface area contributed by atoms with Crippen LogP contribution in [-0.2, 0) is 0 Å². The molecule has 14 heavy (non-hydrogen) atoms. The van der Waals surface area contributed by atoms with E-state index in [2.05, 4.69) is 33.0 Å². The van der Waals surface area contributed by atoms with Crippen LogP contribution < -0.4 is 5.32 Å². The van der Waals surface area contributed by atoms with E-state index in [4.69, 9.17) is 0 Å². The summed E-state index contributed by atoms with van der Waals surface area (Å²) < 4.78 is 0. The molecule has 2 nitrogen and oxygen atoms in total. The molecular formula is C12H25NO. The Morgan fingerprint density at radius 2 is 2.07 bits per heavy atom. The summed E-state index contributed by atoms with van der Waals surface area (Å²) in [5, 5.41) is 14.0. The standard InChI is InChI=1S/C12H25NO/c1-5-6-10(2)12(14)7-8-13-11(3,4)9-12/h10,13-14H,5-9H2,1-4H3. The minimum absolute atomic E-state index is 0.0923. The first-order valence-corrected chi connectivity index (χ1v) is 5.87. The Morgan fingerprint density at radius 1 is 1.43 bits per heavy atom. The molecule has 0 radical (unpaired) electrons. The van der Waals surface area contributed by atoms with E-state index in [0.717, 1.165) is 32.2 Å². The first-order chi connectivity index (χ1) is 6.40. The molecule has 1 aliphatic rings. The number of hydrogen-bond donors (Lipinski definition) is 2. The smallest absolute Gasteiger partial charge is 0.0702 e. The first-order valence-electron chi connectivity index (χ1n) is 5.87. The van der Waals surface area contributed by atoms with Crippen molar-refractivity contribution in [2.45, 2.75) is 64.5 Å². The lowest BCUT2D eigenvalue weighted by Crippen LogP contribution is -2.56. The topological polar surface area (TPSA) is 32.3 Å². The van der Waals surface area contributed by atoms with Crippen LogP contribution in [0.15, 0.2) is 0 Å². The van der Waals surface area contributed by atoms with Crippen LogP contribution in [0.1, 0.15) is 53.4 Å². The molecule has 0 aromatic heterocycles. The summed E-state index contributed by atoms with van der Waals surface area (Å²) in [5.74, 6) is 0.425. The van der Waals surface area contributed by atoms with Crippen molar-refractivity contribution in [2.24, 2.45) is 5.92 Å². The summed E-state index contributed by atoms with van der Waals surface area (Å²) in [5.41, 5.74) is -0.347. The fraction of sp³-hybridized carbons (Fsp3) is 1.00. The van der Waals surface area contributed by atoms with Crippen molar-refractivity contribution in [3.8, 4) is 0 Å². The van der Waals surface area contributed by atoms with Gasteiger partial charge in [0.1, 0.15) is 0 Å². The van der Waals surface area contributed by atoms with Crippen molar-refractivity contribution in [3.63, 3.8) is 0 Å². The lowest BCUT2D eigenvalue weighted by Gasteiger charge is -2.45. The van der Waals surface area contributed by atoms with Gasteiger partial charge in [-0.15, -0.1) is 0 Å². The maximum absolute atomic E-state index is 10.6. The molecule has 1 rings (SSSR count). The van der Waals surface area contributed by atoms with Crippen molar-refractivity contribution in [3.05, 3.63) is 0 Å². The van der Waals surface area contributed by atoms with E-state index in [1.165, 1.54) is 0 Å². The highest BCUT2D eigenvalue weighted by atomic mass is 16.3. The second kappa shape index (κ2) is 4.19. The first kappa shape index (κ1) is 12.0. The van der Waals surface area contributed by atoms with E-state index >= 15 is 0 Å². The number of nitrogens with one attached hydrogen (secondary N) is 1. The number of hydrogen-bond acceptors (Lipinski definition) is 2. The molecule has 2 N–H and O–H groups in total. The van der Waals surface area contributed by atoms with Crippen molar-refractivity contribution >= 4 is 0 Å². The minimum Gasteiger partial charge on any atom is -0.389 e. The van der Waals surface area contributed by atoms with Crippen LogP contribution >= 0.6 is 0 Å². The highest BCUT2D eigenvalue weighted by Gasteiger charge is 2.41. The van der Waals surface area contributed by atoms with E-state index in [0.29, 0.717) is 5.92 Å². The molecule has 0 spiro atoms. The number of piperidine rings is 1. The predicted molar refractivity (Wildman–Crippen MR) is 60.3 cm³/mol. The van der Waals surface area contributed by atoms with Crippen LogP contribution in [0.3, 0.4) is 0 Å². The van der Waals surface area contributed by atoms with Crippen molar-refractivity contribution in [1.29, 1.82) is 0 Å².